The lowest BCUT2D eigenvalue weighted by molar-refractivity contribution is -0.900. The van der Waals surface area contributed by atoms with Gasteiger partial charge in [-0.3, -0.25) is 0 Å². The summed E-state index contributed by atoms with van der Waals surface area (Å²) in [5.74, 6) is 0. The van der Waals surface area contributed by atoms with Crippen molar-refractivity contribution in [1.29, 1.82) is 0 Å². The molecule has 388 valence electrons. The second-order valence-electron chi connectivity index (χ2n) is 17.7. The minimum absolute atomic E-state index is 1.35. The normalized spacial score (nSPS) is 11.8. The van der Waals surface area contributed by atoms with E-state index in [1.807, 2.05) is 19.6 Å². The third-order valence-electron chi connectivity index (χ3n) is 11.3. The average Bonchev–Trinajstić information content (AvgIpc) is 3.25. The number of hydrogen-bond acceptors (Lipinski definition) is 6. The quantitative estimate of drug-likeness (QED) is 0.0388. The minimum Gasteiger partial charge on any atom is -0.808 e. The Kier molecular flexibility index (Phi) is 61.9. The average molecular weight is 986 g/mol. The van der Waals surface area contributed by atoms with Gasteiger partial charge in [0.05, 0.1) is 78.5 Å². The number of hydrogen-bond donors (Lipinski definition) is 4. The molecular formula is C49H112Cl2N4O6P2. The van der Waals surface area contributed by atoms with E-state index in [0.29, 0.717) is 0 Å². The first-order chi connectivity index (χ1) is 29.9. The lowest BCUT2D eigenvalue weighted by atomic mass is 10.2. The maximum absolute atomic E-state index is 9.94. The predicted octanol–water partition coefficient (Wildman–Crippen LogP) is 6.99. The third kappa shape index (κ3) is 51.9. The van der Waals surface area contributed by atoms with Crippen LogP contribution < -0.4 is 39.2 Å². The SMILES string of the molecule is CCCC[NH+](CCCC)CCCC.CCCC[NH+](CCCC)CCCC.CCCC[NH+](CCCC)CCCC.CCCC[NH+](CCCC)CCCC.O=P([O-])([O-])C(Cl)(Cl)P(=O)([O-])[O-]. The van der Waals surface area contributed by atoms with Gasteiger partial charge in [-0.1, -0.05) is 183 Å². The van der Waals surface area contributed by atoms with Gasteiger partial charge in [0.15, 0.2) is 3.82 Å². The first-order valence-electron chi connectivity index (χ1n) is 26.6. The molecule has 0 unspecified atom stereocenters. The number of quaternary nitrogens is 4. The fraction of sp³-hybridized carbons (Fsp3) is 1.00. The molecular weight excluding hydrogens is 873 g/mol. The monoisotopic (exact) mass is 985 g/mol. The van der Waals surface area contributed by atoms with E-state index >= 15 is 0 Å². The molecule has 0 heterocycles. The van der Waals surface area contributed by atoms with Crippen LogP contribution in [0.5, 0.6) is 0 Å². The van der Waals surface area contributed by atoms with Crippen LogP contribution in [0.1, 0.15) is 237 Å². The van der Waals surface area contributed by atoms with Crippen LogP contribution in [0.4, 0.5) is 0 Å². The van der Waals surface area contributed by atoms with E-state index in [-0.39, 0.29) is 0 Å². The molecule has 0 radical (unpaired) electrons. The van der Waals surface area contributed by atoms with Crippen LogP contribution in [0.2, 0.25) is 0 Å². The second kappa shape index (κ2) is 53.7. The Balaban J connectivity index is -0.000000223. The molecule has 0 aliphatic heterocycles. The van der Waals surface area contributed by atoms with E-state index in [1.165, 1.54) is 233 Å². The van der Waals surface area contributed by atoms with Crippen molar-refractivity contribution in [3.05, 3.63) is 0 Å². The van der Waals surface area contributed by atoms with E-state index < -0.39 is 19.0 Å². The van der Waals surface area contributed by atoms with Crippen molar-refractivity contribution >= 4 is 38.4 Å². The molecule has 0 bridgehead atoms. The lowest BCUT2D eigenvalue weighted by Gasteiger charge is -2.51. The van der Waals surface area contributed by atoms with E-state index in [4.69, 9.17) is 0 Å². The zero-order valence-electron chi connectivity index (χ0n) is 44.1. The highest BCUT2D eigenvalue weighted by Gasteiger charge is 2.32. The Morgan fingerprint density at radius 1 is 0.286 bits per heavy atom. The van der Waals surface area contributed by atoms with Gasteiger partial charge < -0.3 is 48.3 Å². The Morgan fingerprint density at radius 3 is 0.429 bits per heavy atom. The molecule has 0 rings (SSSR count). The maximum atomic E-state index is 9.94. The summed E-state index contributed by atoms with van der Waals surface area (Å²) in [6.45, 7) is 44.3. The first-order valence-corrected chi connectivity index (χ1v) is 30.5. The van der Waals surface area contributed by atoms with Gasteiger partial charge in [-0.05, 0) is 92.2 Å². The molecule has 10 nitrogen and oxygen atoms in total. The van der Waals surface area contributed by atoms with Crippen molar-refractivity contribution in [3.63, 3.8) is 0 Å². The van der Waals surface area contributed by atoms with E-state index in [2.05, 4.69) is 106 Å². The summed E-state index contributed by atoms with van der Waals surface area (Å²) in [5, 5.41) is 0. The molecule has 0 saturated carbocycles. The topological polar surface area (TPSA) is 144 Å². The molecule has 4 N–H and O–H groups in total. The van der Waals surface area contributed by atoms with Crippen LogP contribution in [0.3, 0.4) is 0 Å². The van der Waals surface area contributed by atoms with Gasteiger partial charge >= 0.3 is 0 Å². The highest BCUT2D eigenvalue weighted by Crippen LogP contribution is 2.66. The van der Waals surface area contributed by atoms with Crippen LogP contribution in [0.25, 0.3) is 0 Å². The molecule has 0 saturated heterocycles. The highest BCUT2D eigenvalue weighted by atomic mass is 35.5. The summed E-state index contributed by atoms with van der Waals surface area (Å²) < 4.78 is 16.1. The fourth-order valence-corrected chi connectivity index (χ4v) is 7.97. The largest absolute Gasteiger partial charge is 0.808 e. The van der Waals surface area contributed by atoms with Crippen molar-refractivity contribution in [1.82, 2.24) is 0 Å². The van der Waals surface area contributed by atoms with Crippen molar-refractivity contribution in [3.8, 4) is 0 Å². The van der Waals surface area contributed by atoms with E-state index in [0.717, 1.165) is 0 Å². The first kappa shape index (κ1) is 72.7. The van der Waals surface area contributed by atoms with Crippen LogP contribution in [0.15, 0.2) is 0 Å². The molecule has 0 fully saturated rings. The Labute approximate surface area is 404 Å². The summed E-state index contributed by atoms with van der Waals surface area (Å²) in [6, 6.07) is 0. The minimum atomic E-state index is -5.85. The summed E-state index contributed by atoms with van der Waals surface area (Å²) in [7, 11) is -11.7. The summed E-state index contributed by atoms with van der Waals surface area (Å²) in [4.78, 5) is 47.1. The zero-order valence-corrected chi connectivity index (χ0v) is 47.4. The second-order valence-corrected chi connectivity index (χ2v) is 23.8. The number of halogens is 2. The zero-order chi connectivity index (χ0) is 49.3. The predicted molar refractivity (Wildman–Crippen MR) is 271 cm³/mol. The molecule has 0 aromatic carbocycles. The number of alkyl halides is 2. The van der Waals surface area contributed by atoms with Gasteiger partial charge in [-0.2, -0.15) is 0 Å². The Bertz CT molecular complexity index is 769. The fourth-order valence-electron chi connectivity index (χ4n) is 6.77. The highest BCUT2D eigenvalue weighted by molar-refractivity contribution is 7.76. The molecule has 0 aromatic rings. The molecule has 0 atom stereocenters. The van der Waals surface area contributed by atoms with Crippen molar-refractivity contribution in [2.75, 3.05) is 78.5 Å². The van der Waals surface area contributed by atoms with Gasteiger partial charge in [0.1, 0.15) is 0 Å². The molecule has 0 spiro atoms. The van der Waals surface area contributed by atoms with Crippen LogP contribution in [0, 0.1) is 0 Å². The molecule has 0 amide bonds. The number of unbranched alkanes of at least 4 members (excludes halogenated alkanes) is 12. The summed E-state index contributed by atoms with van der Waals surface area (Å²) in [6.07, 6.45) is 33.1. The van der Waals surface area contributed by atoms with Gasteiger partial charge in [0.2, 0.25) is 0 Å². The molecule has 0 aromatic heterocycles. The van der Waals surface area contributed by atoms with Gasteiger partial charge in [-0.25, -0.2) is 0 Å². The summed E-state index contributed by atoms with van der Waals surface area (Å²) >= 11 is 8.96. The molecule has 0 aliphatic carbocycles. The third-order valence-corrected chi connectivity index (χ3v) is 16.5. The van der Waals surface area contributed by atoms with Crippen molar-refractivity contribution < 1.29 is 48.3 Å². The van der Waals surface area contributed by atoms with E-state index in [1.54, 1.807) is 0 Å². The van der Waals surface area contributed by atoms with Gasteiger partial charge in [0, 0.05) is 0 Å². The Morgan fingerprint density at radius 2 is 0.381 bits per heavy atom. The van der Waals surface area contributed by atoms with Crippen molar-refractivity contribution in [2.45, 2.75) is 241 Å². The van der Waals surface area contributed by atoms with Crippen molar-refractivity contribution in [2.24, 2.45) is 0 Å². The number of nitrogens with one attached hydrogen (secondary N) is 4. The molecule has 63 heavy (non-hydrogen) atoms. The smallest absolute Gasteiger partial charge is 0.169 e. The van der Waals surface area contributed by atoms with Gasteiger partial charge in [0.25, 0.3) is 0 Å². The van der Waals surface area contributed by atoms with Crippen LogP contribution in [-0.2, 0) is 9.13 Å². The maximum Gasteiger partial charge on any atom is 0.169 e. The molecule has 0 aliphatic rings. The summed E-state index contributed by atoms with van der Waals surface area (Å²) in [5.41, 5.74) is 0. The standard InChI is InChI=1S/4C12H27N.CH4Cl2O6P2/c4*1-4-7-10-13(11-8-5-2)12-9-6-3;2-1(3,10(4,5)6)11(7,8)9/h4*4-12H2,1-3H3;(H2,4,5,6)(H2,7,8,9). The molecule has 14 heteroatoms. The Hall–Kier alpha value is 0.720. The van der Waals surface area contributed by atoms with E-state index in [9.17, 15) is 28.7 Å². The number of rotatable bonds is 38. The van der Waals surface area contributed by atoms with Crippen LogP contribution in [-0.4, -0.2) is 82.4 Å². The van der Waals surface area contributed by atoms with Crippen LogP contribution >= 0.6 is 38.4 Å². The van der Waals surface area contributed by atoms with Gasteiger partial charge in [-0.15, -0.1) is 0 Å². The lowest BCUT2D eigenvalue weighted by Crippen LogP contribution is -3.12.